The maximum atomic E-state index is 13.1. The third-order valence-electron chi connectivity index (χ3n) is 4.85. The molecule has 1 heterocycles. The number of piperazine rings is 1. The number of anilines is 2. The third-order valence-corrected chi connectivity index (χ3v) is 5.15. The first kappa shape index (κ1) is 19.5. The standard InChI is InChI=1S/C20H23ClFN3O2/c1-14(20(26)23-16-5-8-19(27-2)18(21)13-16)24-9-11-25(12-10-24)17-6-3-15(22)4-7-17/h3-8,13-14H,9-12H2,1-2H3,(H,23,26)/t14-/m1/s1. The van der Waals surface area contributed by atoms with Crippen LogP contribution >= 0.6 is 11.6 Å². The van der Waals surface area contributed by atoms with Gasteiger partial charge in [0, 0.05) is 37.6 Å². The molecular weight excluding hydrogens is 369 g/mol. The predicted molar refractivity (Wildman–Crippen MR) is 106 cm³/mol. The van der Waals surface area contributed by atoms with Crippen molar-refractivity contribution in [1.82, 2.24) is 4.90 Å². The molecule has 1 aliphatic heterocycles. The van der Waals surface area contributed by atoms with Crippen molar-refractivity contribution in [3.8, 4) is 5.75 Å². The van der Waals surface area contributed by atoms with Crippen LogP contribution in [0.25, 0.3) is 0 Å². The molecule has 1 aliphatic rings. The summed E-state index contributed by atoms with van der Waals surface area (Å²) in [6.07, 6.45) is 0. The quantitative estimate of drug-likeness (QED) is 0.845. The van der Waals surface area contributed by atoms with Gasteiger partial charge in [0.05, 0.1) is 18.2 Å². The molecule has 1 saturated heterocycles. The van der Waals surface area contributed by atoms with E-state index in [1.807, 2.05) is 6.92 Å². The Morgan fingerprint density at radius 1 is 1.15 bits per heavy atom. The van der Waals surface area contributed by atoms with Gasteiger partial charge in [-0.15, -0.1) is 0 Å². The largest absolute Gasteiger partial charge is 0.495 e. The van der Waals surface area contributed by atoms with Gasteiger partial charge in [0.1, 0.15) is 11.6 Å². The number of carbonyl (C=O) groups excluding carboxylic acids is 1. The molecule has 2 aromatic rings. The molecule has 0 aromatic heterocycles. The number of benzene rings is 2. The molecule has 3 rings (SSSR count). The van der Waals surface area contributed by atoms with Crippen molar-refractivity contribution >= 4 is 28.9 Å². The number of carbonyl (C=O) groups is 1. The summed E-state index contributed by atoms with van der Waals surface area (Å²) < 4.78 is 18.2. The summed E-state index contributed by atoms with van der Waals surface area (Å²) in [7, 11) is 1.55. The van der Waals surface area contributed by atoms with Crippen LogP contribution in [0, 0.1) is 5.82 Å². The number of hydrogen-bond donors (Lipinski definition) is 1. The molecule has 144 valence electrons. The first-order valence-electron chi connectivity index (χ1n) is 8.87. The van der Waals surface area contributed by atoms with Crippen LogP contribution < -0.4 is 15.0 Å². The van der Waals surface area contributed by atoms with E-state index >= 15 is 0 Å². The van der Waals surface area contributed by atoms with Crippen molar-refractivity contribution < 1.29 is 13.9 Å². The highest BCUT2D eigenvalue weighted by atomic mass is 35.5. The van der Waals surface area contributed by atoms with Gasteiger partial charge in [-0.25, -0.2) is 4.39 Å². The average Bonchev–Trinajstić information content (AvgIpc) is 2.68. The summed E-state index contributed by atoms with van der Waals surface area (Å²) in [5.41, 5.74) is 1.64. The van der Waals surface area contributed by atoms with E-state index in [2.05, 4.69) is 15.1 Å². The van der Waals surface area contributed by atoms with Crippen LogP contribution in [0.1, 0.15) is 6.92 Å². The van der Waals surface area contributed by atoms with Crippen molar-refractivity contribution in [2.75, 3.05) is 43.5 Å². The number of halogens is 2. The first-order chi connectivity index (χ1) is 13.0. The molecule has 0 spiro atoms. The van der Waals surface area contributed by atoms with Gasteiger partial charge in [-0.3, -0.25) is 9.69 Å². The van der Waals surface area contributed by atoms with Crippen molar-refractivity contribution in [2.45, 2.75) is 13.0 Å². The number of nitrogens with one attached hydrogen (secondary N) is 1. The second kappa shape index (κ2) is 8.59. The van der Waals surface area contributed by atoms with Crippen LogP contribution in [-0.4, -0.2) is 50.1 Å². The second-order valence-electron chi connectivity index (χ2n) is 6.51. The molecule has 1 N–H and O–H groups in total. The van der Waals surface area contributed by atoms with Crippen LogP contribution in [0.15, 0.2) is 42.5 Å². The number of ether oxygens (including phenoxy) is 1. The molecule has 7 heteroatoms. The molecule has 1 fully saturated rings. The number of nitrogens with zero attached hydrogens (tertiary/aromatic N) is 2. The van der Waals surface area contributed by atoms with Gasteiger partial charge >= 0.3 is 0 Å². The van der Waals surface area contributed by atoms with Gasteiger partial charge in [-0.2, -0.15) is 0 Å². The minimum Gasteiger partial charge on any atom is -0.495 e. The Morgan fingerprint density at radius 2 is 1.81 bits per heavy atom. The van der Waals surface area contributed by atoms with Crippen LogP contribution in [0.2, 0.25) is 5.02 Å². The van der Waals surface area contributed by atoms with Crippen LogP contribution in [0.4, 0.5) is 15.8 Å². The van der Waals surface area contributed by atoms with E-state index in [4.69, 9.17) is 16.3 Å². The molecule has 1 atom stereocenters. The Kier molecular flexibility index (Phi) is 6.19. The van der Waals surface area contributed by atoms with E-state index in [-0.39, 0.29) is 17.8 Å². The second-order valence-corrected chi connectivity index (χ2v) is 6.92. The summed E-state index contributed by atoms with van der Waals surface area (Å²) in [4.78, 5) is 16.9. The molecule has 0 bridgehead atoms. The van der Waals surface area contributed by atoms with Gasteiger partial charge in [0.2, 0.25) is 5.91 Å². The highest BCUT2D eigenvalue weighted by Gasteiger charge is 2.26. The molecule has 0 aliphatic carbocycles. The minimum absolute atomic E-state index is 0.0773. The number of amides is 1. The molecule has 27 heavy (non-hydrogen) atoms. The zero-order valence-corrected chi connectivity index (χ0v) is 16.2. The van der Waals surface area contributed by atoms with Gasteiger partial charge < -0.3 is 15.0 Å². The lowest BCUT2D eigenvalue weighted by molar-refractivity contribution is -0.120. The zero-order valence-electron chi connectivity index (χ0n) is 15.4. The Labute approximate surface area is 163 Å². The smallest absolute Gasteiger partial charge is 0.241 e. The summed E-state index contributed by atoms with van der Waals surface area (Å²) in [5.74, 6) is 0.257. The third kappa shape index (κ3) is 4.70. The van der Waals surface area contributed by atoms with Crippen molar-refractivity contribution in [3.05, 3.63) is 53.3 Å². The number of rotatable bonds is 5. The molecule has 0 saturated carbocycles. The molecule has 0 radical (unpaired) electrons. The van der Waals surface area contributed by atoms with E-state index in [0.717, 1.165) is 31.9 Å². The summed E-state index contributed by atoms with van der Waals surface area (Å²) in [6.45, 7) is 4.99. The zero-order chi connectivity index (χ0) is 19.4. The molecule has 2 aromatic carbocycles. The van der Waals surface area contributed by atoms with Crippen molar-refractivity contribution in [1.29, 1.82) is 0 Å². The molecule has 1 amide bonds. The monoisotopic (exact) mass is 391 g/mol. The molecule has 5 nitrogen and oxygen atoms in total. The highest BCUT2D eigenvalue weighted by molar-refractivity contribution is 6.32. The van der Waals surface area contributed by atoms with E-state index in [0.29, 0.717) is 16.5 Å². The highest BCUT2D eigenvalue weighted by Crippen LogP contribution is 2.27. The minimum atomic E-state index is -0.263. The normalized spacial score (nSPS) is 16.1. The Morgan fingerprint density at radius 3 is 2.41 bits per heavy atom. The predicted octanol–water partition coefficient (Wildman–Crippen LogP) is 3.64. The fourth-order valence-electron chi connectivity index (χ4n) is 3.18. The average molecular weight is 392 g/mol. The van der Waals surface area contributed by atoms with Crippen molar-refractivity contribution in [3.63, 3.8) is 0 Å². The Hall–Kier alpha value is -2.31. The fourth-order valence-corrected chi connectivity index (χ4v) is 3.43. The van der Waals surface area contributed by atoms with E-state index in [1.165, 1.54) is 12.1 Å². The van der Waals surface area contributed by atoms with E-state index in [1.54, 1.807) is 37.4 Å². The first-order valence-corrected chi connectivity index (χ1v) is 9.24. The maximum Gasteiger partial charge on any atom is 0.241 e. The Bertz CT molecular complexity index is 792. The van der Waals surface area contributed by atoms with Crippen LogP contribution in [0.3, 0.4) is 0 Å². The van der Waals surface area contributed by atoms with Gasteiger partial charge in [0.15, 0.2) is 0 Å². The fraction of sp³-hybridized carbons (Fsp3) is 0.350. The lowest BCUT2D eigenvalue weighted by Gasteiger charge is -2.38. The summed E-state index contributed by atoms with van der Waals surface area (Å²) in [6, 6.07) is 11.4. The molecule has 0 unspecified atom stereocenters. The van der Waals surface area contributed by atoms with Crippen LogP contribution in [-0.2, 0) is 4.79 Å². The van der Waals surface area contributed by atoms with Crippen LogP contribution in [0.5, 0.6) is 5.75 Å². The van der Waals surface area contributed by atoms with E-state index < -0.39 is 0 Å². The van der Waals surface area contributed by atoms with Gasteiger partial charge in [-0.05, 0) is 49.4 Å². The van der Waals surface area contributed by atoms with Gasteiger partial charge in [0.25, 0.3) is 0 Å². The van der Waals surface area contributed by atoms with E-state index in [9.17, 15) is 9.18 Å². The Balaban J connectivity index is 1.55. The lowest BCUT2D eigenvalue weighted by atomic mass is 10.2. The maximum absolute atomic E-state index is 13.1. The number of methoxy groups -OCH3 is 1. The molecular formula is C20H23ClFN3O2. The topological polar surface area (TPSA) is 44.8 Å². The van der Waals surface area contributed by atoms with Crippen molar-refractivity contribution in [2.24, 2.45) is 0 Å². The summed E-state index contributed by atoms with van der Waals surface area (Å²) >= 11 is 6.11. The lowest BCUT2D eigenvalue weighted by Crippen LogP contribution is -2.52. The SMILES string of the molecule is COc1ccc(NC(=O)[C@@H](C)N2CCN(c3ccc(F)cc3)CC2)cc1Cl. The number of hydrogen-bond acceptors (Lipinski definition) is 4. The van der Waals surface area contributed by atoms with Gasteiger partial charge in [-0.1, -0.05) is 11.6 Å². The summed E-state index contributed by atoms with van der Waals surface area (Å²) in [5, 5.41) is 3.36.